The van der Waals surface area contributed by atoms with E-state index in [1.807, 2.05) is 11.4 Å². The normalized spacial score (nSPS) is 13.7. The number of nitrogens with one attached hydrogen (secondary N) is 1. The van der Waals surface area contributed by atoms with Gasteiger partial charge in [-0.3, -0.25) is 0 Å². The van der Waals surface area contributed by atoms with Crippen molar-refractivity contribution in [3.63, 3.8) is 0 Å². The summed E-state index contributed by atoms with van der Waals surface area (Å²) < 4.78 is 0. The van der Waals surface area contributed by atoms with Gasteiger partial charge in [-0.05, 0) is 29.5 Å². The summed E-state index contributed by atoms with van der Waals surface area (Å²) >= 11 is 1.61. The van der Waals surface area contributed by atoms with Crippen molar-refractivity contribution in [3.8, 4) is 0 Å². The van der Waals surface area contributed by atoms with Crippen LogP contribution in [0.5, 0.6) is 0 Å². The van der Waals surface area contributed by atoms with Gasteiger partial charge in [0.05, 0.1) is 11.9 Å². The van der Waals surface area contributed by atoms with Gasteiger partial charge in [0.25, 0.3) is 0 Å². The van der Waals surface area contributed by atoms with E-state index in [0.717, 1.165) is 29.0 Å². The van der Waals surface area contributed by atoms with E-state index in [2.05, 4.69) is 44.6 Å². The average Bonchev–Trinajstić information content (AvgIpc) is 3.14. The quantitative estimate of drug-likeness (QED) is 0.574. The van der Waals surface area contributed by atoms with Gasteiger partial charge in [0.1, 0.15) is 4.83 Å². The van der Waals surface area contributed by atoms with Crippen molar-refractivity contribution in [1.29, 1.82) is 0 Å². The summed E-state index contributed by atoms with van der Waals surface area (Å²) in [7, 11) is 0. The van der Waals surface area contributed by atoms with E-state index < -0.39 is 0 Å². The molecule has 4 rings (SSSR count). The second-order valence-electron chi connectivity index (χ2n) is 5.07. The molecule has 1 aromatic carbocycles. The van der Waals surface area contributed by atoms with E-state index in [4.69, 9.17) is 5.84 Å². The van der Waals surface area contributed by atoms with Gasteiger partial charge < -0.3 is 10.3 Å². The van der Waals surface area contributed by atoms with Crippen LogP contribution in [0.4, 0.5) is 11.5 Å². The van der Waals surface area contributed by atoms with Crippen LogP contribution in [0.3, 0.4) is 0 Å². The number of nitrogens with two attached hydrogens (primary N) is 1. The molecule has 0 aliphatic carbocycles. The molecule has 0 fully saturated rings. The fraction of sp³-hybridized carbons (Fsp3) is 0.200. The van der Waals surface area contributed by atoms with Gasteiger partial charge in [0, 0.05) is 12.2 Å². The lowest BCUT2D eigenvalue weighted by Gasteiger charge is -2.18. The number of fused-ring (bicyclic) bond motifs is 2. The number of rotatable bonds is 3. The molecule has 0 saturated carbocycles. The molecule has 21 heavy (non-hydrogen) atoms. The number of thiophene rings is 1. The van der Waals surface area contributed by atoms with Crippen LogP contribution in [-0.2, 0) is 13.0 Å². The van der Waals surface area contributed by atoms with Crippen molar-refractivity contribution in [1.82, 2.24) is 9.97 Å². The van der Waals surface area contributed by atoms with E-state index in [0.29, 0.717) is 12.4 Å². The first kappa shape index (κ1) is 12.6. The predicted molar refractivity (Wildman–Crippen MR) is 86.4 cm³/mol. The molecule has 106 valence electrons. The Kier molecular flexibility index (Phi) is 2.98. The minimum Gasteiger partial charge on any atom is -0.363 e. The molecule has 6 heteroatoms. The molecule has 0 unspecified atom stereocenters. The molecule has 0 saturated heterocycles. The molecule has 1 aliphatic rings. The first-order valence-corrected chi connectivity index (χ1v) is 7.77. The van der Waals surface area contributed by atoms with Gasteiger partial charge in [-0.25, -0.2) is 15.8 Å². The van der Waals surface area contributed by atoms with Crippen molar-refractivity contribution in [2.45, 2.75) is 13.0 Å². The molecule has 2 aromatic heterocycles. The second-order valence-corrected chi connectivity index (χ2v) is 5.97. The number of para-hydroxylation sites is 1. The van der Waals surface area contributed by atoms with Crippen molar-refractivity contribution in [2.75, 3.05) is 16.9 Å². The minimum absolute atomic E-state index is 0.698. The number of nitrogens with zero attached hydrogens (tertiary/aromatic N) is 3. The summed E-state index contributed by atoms with van der Waals surface area (Å²) in [6.07, 6.45) is 1.08. The van der Waals surface area contributed by atoms with Gasteiger partial charge in [-0.2, -0.15) is 0 Å². The fourth-order valence-corrected chi connectivity index (χ4v) is 3.60. The van der Waals surface area contributed by atoms with Crippen molar-refractivity contribution in [2.24, 2.45) is 5.84 Å². The highest BCUT2D eigenvalue weighted by atomic mass is 32.1. The lowest BCUT2D eigenvalue weighted by Crippen LogP contribution is -2.22. The van der Waals surface area contributed by atoms with E-state index in [1.54, 1.807) is 11.3 Å². The Morgan fingerprint density at radius 2 is 2.14 bits per heavy atom. The Balaban J connectivity index is 1.69. The van der Waals surface area contributed by atoms with E-state index in [9.17, 15) is 0 Å². The van der Waals surface area contributed by atoms with Crippen LogP contribution in [0.25, 0.3) is 10.2 Å². The molecule has 0 amide bonds. The smallest absolute Gasteiger partial charge is 0.152 e. The van der Waals surface area contributed by atoms with Crippen LogP contribution >= 0.6 is 11.3 Å². The van der Waals surface area contributed by atoms with Crippen LogP contribution < -0.4 is 16.2 Å². The van der Waals surface area contributed by atoms with Gasteiger partial charge in [-0.1, -0.05) is 18.2 Å². The van der Waals surface area contributed by atoms with Gasteiger partial charge in [0.2, 0.25) is 0 Å². The van der Waals surface area contributed by atoms with E-state index in [1.165, 1.54) is 11.3 Å². The summed E-state index contributed by atoms with van der Waals surface area (Å²) in [5, 5.41) is 2.99. The number of aromatic nitrogens is 2. The minimum atomic E-state index is 0.698. The van der Waals surface area contributed by atoms with Crippen LogP contribution in [-0.4, -0.2) is 16.5 Å². The molecule has 0 spiro atoms. The summed E-state index contributed by atoms with van der Waals surface area (Å²) in [5.41, 5.74) is 5.36. The third-order valence-electron chi connectivity index (χ3n) is 3.82. The molecular formula is C15H15N5S. The number of benzene rings is 1. The maximum atomic E-state index is 5.58. The predicted octanol–water partition coefficient (Wildman–Crippen LogP) is 2.54. The number of hydrazine groups is 1. The monoisotopic (exact) mass is 297 g/mol. The Morgan fingerprint density at radius 1 is 1.24 bits per heavy atom. The Morgan fingerprint density at radius 3 is 3.05 bits per heavy atom. The van der Waals surface area contributed by atoms with Gasteiger partial charge in [-0.15, -0.1) is 11.3 Å². The lowest BCUT2D eigenvalue weighted by atomic mass is 10.2. The van der Waals surface area contributed by atoms with Crippen LogP contribution in [0, 0.1) is 0 Å². The molecule has 0 radical (unpaired) electrons. The zero-order chi connectivity index (χ0) is 14.2. The van der Waals surface area contributed by atoms with E-state index >= 15 is 0 Å². The molecular weight excluding hydrogens is 282 g/mol. The molecule has 5 nitrogen and oxygen atoms in total. The SMILES string of the molecule is NNc1nc(CN2CCc3ccccc32)nc2sccc12. The average molecular weight is 297 g/mol. The third kappa shape index (κ3) is 2.12. The maximum absolute atomic E-state index is 5.58. The van der Waals surface area contributed by atoms with Crippen molar-refractivity contribution in [3.05, 3.63) is 47.1 Å². The first-order valence-electron chi connectivity index (χ1n) is 6.89. The molecule has 3 aromatic rings. The number of hydrogen-bond donors (Lipinski definition) is 2. The zero-order valence-electron chi connectivity index (χ0n) is 11.4. The fourth-order valence-electron chi connectivity index (χ4n) is 2.82. The van der Waals surface area contributed by atoms with Gasteiger partial charge >= 0.3 is 0 Å². The van der Waals surface area contributed by atoms with Gasteiger partial charge in [0.15, 0.2) is 11.6 Å². The highest BCUT2D eigenvalue weighted by Gasteiger charge is 2.20. The van der Waals surface area contributed by atoms with Crippen molar-refractivity contribution < 1.29 is 0 Å². The molecule has 3 N–H and O–H groups in total. The topological polar surface area (TPSA) is 67.1 Å². The largest absolute Gasteiger partial charge is 0.363 e. The molecule has 0 atom stereocenters. The standard InChI is InChI=1S/C15H15N5S/c16-19-14-11-6-8-21-15(11)18-13(17-14)9-20-7-5-10-3-1-2-4-12(10)20/h1-4,6,8H,5,7,9,16H2,(H,17,18,19). The highest BCUT2D eigenvalue weighted by molar-refractivity contribution is 7.16. The van der Waals surface area contributed by atoms with Crippen molar-refractivity contribution >= 4 is 33.1 Å². The molecule has 1 aliphatic heterocycles. The summed E-state index contributed by atoms with van der Waals surface area (Å²) in [5.74, 6) is 7.08. The molecule has 3 heterocycles. The third-order valence-corrected chi connectivity index (χ3v) is 4.63. The summed E-state index contributed by atoms with van der Waals surface area (Å²) in [6.45, 7) is 1.72. The van der Waals surface area contributed by atoms with Crippen LogP contribution in [0.2, 0.25) is 0 Å². The number of anilines is 2. The number of nitrogen functional groups attached to an aromatic ring is 1. The zero-order valence-corrected chi connectivity index (χ0v) is 12.2. The van der Waals surface area contributed by atoms with Crippen LogP contribution in [0.15, 0.2) is 35.7 Å². The number of hydrogen-bond acceptors (Lipinski definition) is 6. The maximum Gasteiger partial charge on any atom is 0.152 e. The highest BCUT2D eigenvalue weighted by Crippen LogP contribution is 2.30. The first-order chi connectivity index (χ1) is 10.3. The Hall–Kier alpha value is -2.18. The van der Waals surface area contributed by atoms with E-state index in [-0.39, 0.29) is 0 Å². The van der Waals surface area contributed by atoms with Crippen LogP contribution in [0.1, 0.15) is 11.4 Å². The summed E-state index contributed by atoms with van der Waals surface area (Å²) in [4.78, 5) is 12.5. The Labute approximate surface area is 126 Å². The Bertz CT molecular complexity index is 798. The lowest BCUT2D eigenvalue weighted by molar-refractivity contribution is 0.792. The molecule has 0 bridgehead atoms. The summed E-state index contributed by atoms with van der Waals surface area (Å²) in [6, 6.07) is 10.5. The second kappa shape index (κ2) is 4.98.